The quantitative estimate of drug-likeness (QED) is 0.856. The van der Waals surface area contributed by atoms with Crippen molar-refractivity contribution in [1.29, 1.82) is 0 Å². The van der Waals surface area contributed by atoms with Crippen LogP contribution in [0.2, 0.25) is 0 Å². The van der Waals surface area contributed by atoms with E-state index in [9.17, 15) is 4.79 Å². The van der Waals surface area contributed by atoms with Crippen LogP contribution >= 0.6 is 23.5 Å². The van der Waals surface area contributed by atoms with Crippen molar-refractivity contribution in [1.82, 2.24) is 0 Å². The van der Waals surface area contributed by atoms with Gasteiger partial charge in [0.2, 0.25) is 0 Å². The number of carbonyl (C=O) groups excluding carboxylic acids is 1. The van der Waals surface area contributed by atoms with Crippen LogP contribution in [0.5, 0.6) is 0 Å². The van der Waals surface area contributed by atoms with Crippen LogP contribution in [0.25, 0.3) is 0 Å². The molecule has 0 radical (unpaired) electrons. The lowest BCUT2D eigenvalue weighted by Crippen LogP contribution is -2.13. The van der Waals surface area contributed by atoms with Gasteiger partial charge < -0.3 is 5.32 Å². The van der Waals surface area contributed by atoms with Crippen LogP contribution in [0.4, 0.5) is 5.69 Å². The summed E-state index contributed by atoms with van der Waals surface area (Å²) in [5.41, 5.74) is 5.07. The third-order valence-corrected chi connectivity index (χ3v) is 6.77. The highest BCUT2D eigenvalue weighted by atomic mass is 32.2. The normalized spacial score (nSPS) is 15.0. The van der Waals surface area contributed by atoms with Crippen molar-refractivity contribution >= 4 is 35.1 Å². The zero-order valence-electron chi connectivity index (χ0n) is 12.8. The molecule has 0 aromatic heterocycles. The molecule has 2 nitrogen and oxygen atoms in total. The number of carbonyl (C=O) groups is 1. The first-order valence-corrected chi connectivity index (χ1v) is 9.45. The smallest absolute Gasteiger partial charge is 0.255 e. The second-order valence-corrected chi connectivity index (χ2v) is 8.20. The van der Waals surface area contributed by atoms with E-state index >= 15 is 0 Å². The van der Waals surface area contributed by atoms with Crippen molar-refractivity contribution in [3.05, 3.63) is 64.7 Å². The van der Waals surface area contributed by atoms with E-state index in [1.807, 2.05) is 67.7 Å². The summed E-state index contributed by atoms with van der Waals surface area (Å²) in [6.07, 6.45) is 0. The topological polar surface area (TPSA) is 29.1 Å². The Balaban J connectivity index is 1.77. The number of nitrogens with one attached hydrogen (secondary N) is 1. The molecule has 0 spiro atoms. The summed E-state index contributed by atoms with van der Waals surface area (Å²) < 4.78 is 0.498. The maximum absolute atomic E-state index is 12.5. The van der Waals surface area contributed by atoms with Gasteiger partial charge in [-0.15, -0.1) is 23.5 Å². The number of rotatable bonds is 3. The van der Waals surface area contributed by atoms with E-state index in [1.165, 1.54) is 22.6 Å². The molecule has 4 heteroatoms. The Labute approximate surface area is 140 Å². The molecule has 2 aromatic rings. The average Bonchev–Trinajstić information content (AvgIpc) is 3.01. The highest BCUT2D eigenvalue weighted by Crippen LogP contribution is 2.45. The molecule has 0 unspecified atom stereocenters. The van der Waals surface area contributed by atoms with Gasteiger partial charge in [0.05, 0.1) is 4.58 Å². The van der Waals surface area contributed by atoms with Gasteiger partial charge in [-0.2, -0.15) is 0 Å². The molecule has 0 saturated carbocycles. The zero-order chi connectivity index (χ0) is 15.5. The van der Waals surface area contributed by atoms with Gasteiger partial charge in [-0.3, -0.25) is 4.79 Å². The molecule has 0 atom stereocenters. The van der Waals surface area contributed by atoms with E-state index in [0.29, 0.717) is 4.58 Å². The largest absolute Gasteiger partial charge is 0.322 e. The number of amides is 1. The summed E-state index contributed by atoms with van der Waals surface area (Å²) in [4.78, 5) is 12.5. The maximum atomic E-state index is 12.5. The Hall–Kier alpha value is -1.39. The predicted molar refractivity (Wildman–Crippen MR) is 98.0 cm³/mol. The van der Waals surface area contributed by atoms with Gasteiger partial charge in [0, 0.05) is 22.8 Å². The Bertz CT molecular complexity index is 693. The SMILES string of the molecule is Cc1ccc(C(=O)Nc2cccc(C3SCCS3)c2)c(C)c1. The fraction of sp³-hybridized carbons (Fsp3) is 0.278. The van der Waals surface area contributed by atoms with E-state index in [-0.39, 0.29) is 5.91 Å². The van der Waals surface area contributed by atoms with Crippen LogP contribution < -0.4 is 5.32 Å². The van der Waals surface area contributed by atoms with Gasteiger partial charge in [0.15, 0.2) is 0 Å². The number of benzene rings is 2. The number of hydrogen-bond donors (Lipinski definition) is 1. The first-order chi connectivity index (χ1) is 10.6. The lowest BCUT2D eigenvalue weighted by molar-refractivity contribution is 0.102. The Kier molecular flexibility index (Phi) is 4.79. The van der Waals surface area contributed by atoms with Crippen molar-refractivity contribution in [3.63, 3.8) is 0 Å². The van der Waals surface area contributed by atoms with Crippen LogP contribution in [0.1, 0.15) is 31.6 Å². The monoisotopic (exact) mass is 329 g/mol. The highest BCUT2D eigenvalue weighted by molar-refractivity contribution is 8.19. The third kappa shape index (κ3) is 3.50. The van der Waals surface area contributed by atoms with Crippen LogP contribution in [0.3, 0.4) is 0 Å². The first kappa shape index (κ1) is 15.5. The molecule has 1 fully saturated rings. The lowest BCUT2D eigenvalue weighted by atomic mass is 10.1. The molecule has 2 aromatic carbocycles. The second-order valence-electron chi connectivity index (χ2n) is 5.47. The van der Waals surface area contributed by atoms with Crippen molar-refractivity contribution in [2.45, 2.75) is 18.4 Å². The number of aryl methyl sites for hydroxylation is 2. The summed E-state index contributed by atoms with van der Waals surface area (Å²) in [7, 11) is 0. The molecule has 1 aliphatic heterocycles. The molecule has 1 amide bonds. The molecular weight excluding hydrogens is 310 g/mol. The van der Waals surface area contributed by atoms with Crippen LogP contribution in [-0.4, -0.2) is 17.4 Å². The van der Waals surface area contributed by atoms with Crippen molar-refractivity contribution in [2.24, 2.45) is 0 Å². The van der Waals surface area contributed by atoms with Gasteiger partial charge >= 0.3 is 0 Å². The molecule has 114 valence electrons. The lowest BCUT2D eigenvalue weighted by Gasteiger charge is -2.12. The summed E-state index contributed by atoms with van der Waals surface area (Å²) in [5, 5.41) is 3.02. The van der Waals surface area contributed by atoms with Crippen molar-refractivity contribution in [3.8, 4) is 0 Å². The molecule has 0 aliphatic carbocycles. The van der Waals surface area contributed by atoms with E-state index in [0.717, 1.165) is 16.8 Å². The van der Waals surface area contributed by atoms with Crippen LogP contribution in [-0.2, 0) is 0 Å². The molecule has 1 heterocycles. The van der Waals surface area contributed by atoms with E-state index in [2.05, 4.69) is 17.4 Å². The van der Waals surface area contributed by atoms with Crippen molar-refractivity contribution < 1.29 is 4.79 Å². The standard InChI is InChI=1S/C18H19NOS2/c1-12-6-7-16(13(2)10-12)17(20)19-15-5-3-4-14(11-15)18-21-8-9-22-18/h3-7,10-11,18H,8-9H2,1-2H3,(H,19,20). The predicted octanol–water partition coefficient (Wildman–Crippen LogP) is 5.03. The van der Waals surface area contributed by atoms with Crippen LogP contribution in [0, 0.1) is 13.8 Å². The zero-order valence-corrected chi connectivity index (χ0v) is 14.4. The Morgan fingerprint density at radius 1 is 1.09 bits per heavy atom. The summed E-state index contributed by atoms with van der Waals surface area (Å²) in [5.74, 6) is 2.37. The minimum Gasteiger partial charge on any atom is -0.322 e. The number of hydrogen-bond acceptors (Lipinski definition) is 3. The second kappa shape index (κ2) is 6.80. The molecule has 1 saturated heterocycles. The first-order valence-electron chi connectivity index (χ1n) is 7.35. The van der Waals surface area contributed by atoms with Gasteiger partial charge in [-0.05, 0) is 43.2 Å². The molecule has 0 bridgehead atoms. The summed E-state index contributed by atoms with van der Waals surface area (Å²) in [6, 6.07) is 14.1. The molecule has 1 N–H and O–H groups in total. The summed E-state index contributed by atoms with van der Waals surface area (Å²) >= 11 is 3.95. The Morgan fingerprint density at radius 2 is 1.86 bits per heavy atom. The van der Waals surface area contributed by atoms with Gasteiger partial charge in [-0.25, -0.2) is 0 Å². The molecular formula is C18H19NOS2. The minimum absolute atomic E-state index is 0.0404. The summed E-state index contributed by atoms with van der Waals surface area (Å²) in [6.45, 7) is 4.01. The maximum Gasteiger partial charge on any atom is 0.255 e. The number of thioether (sulfide) groups is 2. The van der Waals surface area contributed by atoms with E-state index in [1.54, 1.807) is 0 Å². The van der Waals surface area contributed by atoms with Gasteiger partial charge in [-0.1, -0.05) is 29.8 Å². The minimum atomic E-state index is -0.0404. The molecule has 22 heavy (non-hydrogen) atoms. The van der Waals surface area contributed by atoms with Crippen molar-refractivity contribution in [2.75, 3.05) is 16.8 Å². The fourth-order valence-corrected chi connectivity index (χ4v) is 5.42. The molecule has 3 rings (SSSR count). The van der Waals surface area contributed by atoms with Gasteiger partial charge in [0.25, 0.3) is 5.91 Å². The van der Waals surface area contributed by atoms with E-state index in [4.69, 9.17) is 0 Å². The Morgan fingerprint density at radius 3 is 2.59 bits per heavy atom. The molecule has 1 aliphatic rings. The average molecular weight is 329 g/mol. The van der Waals surface area contributed by atoms with Gasteiger partial charge in [0.1, 0.15) is 0 Å². The number of anilines is 1. The fourth-order valence-electron chi connectivity index (χ4n) is 2.58. The van der Waals surface area contributed by atoms with Crippen LogP contribution in [0.15, 0.2) is 42.5 Å². The third-order valence-electron chi connectivity index (χ3n) is 3.66. The highest BCUT2D eigenvalue weighted by Gasteiger charge is 2.18. The van der Waals surface area contributed by atoms with E-state index < -0.39 is 0 Å².